The van der Waals surface area contributed by atoms with Crippen molar-refractivity contribution in [3.8, 4) is 0 Å². The Morgan fingerprint density at radius 2 is 2.12 bits per heavy atom. The lowest BCUT2D eigenvalue weighted by Gasteiger charge is -2.23. The molecule has 2 heterocycles. The lowest BCUT2D eigenvalue weighted by atomic mass is 10.1. The van der Waals surface area contributed by atoms with Crippen LogP contribution in [0.4, 0.5) is 4.39 Å². The average Bonchev–Trinajstić information content (AvgIpc) is 3.19. The van der Waals surface area contributed by atoms with Crippen LogP contribution in [0.1, 0.15) is 35.1 Å². The smallest absolute Gasteiger partial charge is 0.254 e. The van der Waals surface area contributed by atoms with Crippen LogP contribution < -0.4 is 0 Å². The molecular weight excluding hydrogens is 373 g/mol. The molecule has 3 aromatic rings. The lowest BCUT2D eigenvalue weighted by molar-refractivity contribution is 0.0730. The maximum atomic E-state index is 13.6. The highest BCUT2D eigenvalue weighted by Gasteiger charge is 2.32. The Morgan fingerprint density at radius 1 is 1.29 bits per heavy atom. The van der Waals surface area contributed by atoms with Crippen molar-refractivity contribution in [1.82, 2.24) is 14.9 Å². The molecule has 1 amide bonds. The van der Waals surface area contributed by atoms with Crippen LogP contribution in [0.2, 0.25) is 0 Å². The molecular formula is C18H15BrFN3O. The quantitative estimate of drug-likeness (QED) is 0.706. The zero-order valence-corrected chi connectivity index (χ0v) is 14.4. The number of carbonyl (C=O) groups excluding carboxylic acids is 1. The number of carbonyl (C=O) groups is 1. The monoisotopic (exact) mass is 387 g/mol. The van der Waals surface area contributed by atoms with Gasteiger partial charge in [0.05, 0.1) is 17.1 Å². The van der Waals surface area contributed by atoms with Crippen molar-refractivity contribution in [1.29, 1.82) is 0 Å². The number of H-pyrrole nitrogens is 1. The summed E-state index contributed by atoms with van der Waals surface area (Å²) in [5, 5.41) is 0. The molecule has 0 bridgehead atoms. The molecule has 1 saturated heterocycles. The molecule has 1 aliphatic heterocycles. The number of nitrogens with zero attached hydrogens (tertiary/aromatic N) is 2. The van der Waals surface area contributed by atoms with Gasteiger partial charge in [0.25, 0.3) is 5.91 Å². The molecule has 0 radical (unpaired) electrons. The molecule has 1 N–H and O–H groups in total. The fourth-order valence-electron chi connectivity index (χ4n) is 3.27. The second kappa shape index (κ2) is 6.02. The van der Waals surface area contributed by atoms with E-state index in [1.807, 2.05) is 24.3 Å². The summed E-state index contributed by atoms with van der Waals surface area (Å²) in [5.74, 6) is 0.197. The second-order valence-electron chi connectivity index (χ2n) is 5.95. The number of likely N-dealkylation sites (tertiary alicyclic amines) is 1. The van der Waals surface area contributed by atoms with E-state index in [2.05, 4.69) is 25.9 Å². The Balaban J connectivity index is 1.68. The Morgan fingerprint density at radius 3 is 2.92 bits per heavy atom. The minimum absolute atomic E-state index is 0.105. The van der Waals surface area contributed by atoms with Gasteiger partial charge in [-0.3, -0.25) is 4.79 Å². The number of halogens is 2. The summed E-state index contributed by atoms with van der Waals surface area (Å²) >= 11 is 3.24. The van der Waals surface area contributed by atoms with Crippen LogP contribution in [0.3, 0.4) is 0 Å². The summed E-state index contributed by atoms with van der Waals surface area (Å²) in [7, 11) is 0. The number of rotatable bonds is 2. The summed E-state index contributed by atoms with van der Waals surface area (Å²) in [5.41, 5.74) is 2.20. The highest BCUT2D eigenvalue weighted by atomic mass is 79.9. The van der Waals surface area contributed by atoms with E-state index < -0.39 is 5.82 Å². The van der Waals surface area contributed by atoms with Gasteiger partial charge in [0.1, 0.15) is 11.6 Å². The first kappa shape index (κ1) is 15.3. The Labute approximate surface area is 146 Å². The van der Waals surface area contributed by atoms with E-state index in [4.69, 9.17) is 0 Å². The zero-order chi connectivity index (χ0) is 16.7. The molecule has 1 aromatic heterocycles. The van der Waals surface area contributed by atoms with E-state index in [1.165, 1.54) is 12.1 Å². The molecule has 1 aliphatic rings. The maximum Gasteiger partial charge on any atom is 0.254 e. The normalized spacial score (nSPS) is 17.6. The number of benzene rings is 2. The van der Waals surface area contributed by atoms with Crippen molar-refractivity contribution < 1.29 is 9.18 Å². The molecule has 1 unspecified atom stereocenters. The van der Waals surface area contributed by atoms with Crippen molar-refractivity contribution in [2.75, 3.05) is 6.54 Å². The number of imidazole rings is 1. The highest BCUT2D eigenvalue weighted by molar-refractivity contribution is 9.10. The average molecular weight is 388 g/mol. The van der Waals surface area contributed by atoms with Crippen LogP contribution in [-0.2, 0) is 0 Å². The van der Waals surface area contributed by atoms with E-state index in [1.54, 1.807) is 11.0 Å². The Kier molecular flexibility index (Phi) is 3.84. The molecule has 4 nitrogen and oxygen atoms in total. The third-order valence-electron chi connectivity index (χ3n) is 4.35. The number of aromatic nitrogens is 2. The van der Waals surface area contributed by atoms with E-state index in [0.29, 0.717) is 16.6 Å². The van der Waals surface area contributed by atoms with Gasteiger partial charge in [0.2, 0.25) is 0 Å². The first-order valence-corrected chi connectivity index (χ1v) is 8.63. The maximum absolute atomic E-state index is 13.6. The molecule has 122 valence electrons. The van der Waals surface area contributed by atoms with Crippen molar-refractivity contribution in [2.45, 2.75) is 18.9 Å². The minimum atomic E-state index is -0.424. The number of hydrogen-bond acceptors (Lipinski definition) is 2. The van der Waals surface area contributed by atoms with E-state index in [-0.39, 0.29) is 11.9 Å². The molecule has 0 saturated carbocycles. The Hall–Kier alpha value is -2.21. The summed E-state index contributed by atoms with van der Waals surface area (Å²) in [6.07, 6.45) is 1.76. The fraction of sp³-hybridized carbons (Fsp3) is 0.222. The van der Waals surface area contributed by atoms with Crippen LogP contribution >= 0.6 is 15.9 Å². The molecule has 6 heteroatoms. The van der Waals surface area contributed by atoms with Crippen molar-refractivity contribution >= 4 is 32.9 Å². The topological polar surface area (TPSA) is 49.0 Å². The van der Waals surface area contributed by atoms with Crippen molar-refractivity contribution in [3.63, 3.8) is 0 Å². The third-order valence-corrected chi connectivity index (χ3v) is 4.80. The van der Waals surface area contributed by atoms with Crippen LogP contribution in [0.25, 0.3) is 11.0 Å². The van der Waals surface area contributed by atoms with E-state index in [9.17, 15) is 9.18 Å². The molecule has 1 atom stereocenters. The van der Waals surface area contributed by atoms with Gasteiger partial charge in [0.15, 0.2) is 0 Å². The van der Waals surface area contributed by atoms with Crippen molar-refractivity contribution in [2.24, 2.45) is 0 Å². The predicted molar refractivity (Wildman–Crippen MR) is 93.2 cm³/mol. The van der Waals surface area contributed by atoms with Crippen molar-refractivity contribution in [3.05, 3.63) is 64.1 Å². The standard InChI is InChI=1S/C18H15BrFN3O/c19-12-8-11(9-13(20)10-12)18(24)23-7-3-6-16(23)17-21-14-4-1-2-5-15(14)22-17/h1-2,4-5,8-10,16H,3,6-7H2,(H,21,22). The number of amides is 1. The van der Waals surface area contributed by atoms with Gasteiger partial charge in [-0.05, 0) is 43.2 Å². The third kappa shape index (κ3) is 2.71. The number of aromatic amines is 1. The summed E-state index contributed by atoms with van der Waals surface area (Å²) < 4.78 is 14.2. The minimum Gasteiger partial charge on any atom is -0.340 e. The fourth-order valence-corrected chi connectivity index (χ4v) is 3.73. The SMILES string of the molecule is O=C(c1cc(F)cc(Br)c1)N1CCCC1c1nc2ccccc2[nH]1. The van der Waals surface area contributed by atoms with Gasteiger partial charge < -0.3 is 9.88 Å². The Bertz CT molecular complexity index is 870. The predicted octanol–water partition coefficient (Wildman–Crippen LogP) is 4.44. The van der Waals surface area contributed by atoms with E-state index in [0.717, 1.165) is 29.7 Å². The van der Waals surface area contributed by atoms with Gasteiger partial charge in [0, 0.05) is 16.6 Å². The van der Waals surface area contributed by atoms with Gasteiger partial charge in [-0.15, -0.1) is 0 Å². The molecule has 4 rings (SSSR count). The number of fused-ring (bicyclic) bond motifs is 1. The molecule has 24 heavy (non-hydrogen) atoms. The van der Waals surface area contributed by atoms with Crippen LogP contribution in [0.15, 0.2) is 46.9 Å². The molecule has 0 aliphatic carbocycles. The summed E-state index contributed by atoms with van der Waals surface area (Å²) in [6, 6.07) is 12.0. The number of hydrogen-bond donors (Lipinski definition) is 1. The zero-order valence-electron chi connectivity index (χ0n) is 12.8. The van der Waals surface area contributed by atoms with Crippen LogP contribution in [-0.4, -0.2) is 27.3 Å². The summed E-state index contributed by atoms with van der Waals surface area (Å²) in [6.45, 7) is 0.647. The van der Waals surface area contributed by atoms with E-state index >= 15 is 0 Å². The van der Waals surface area contributed by atoms with Gasteiger partial charge in [-0.2, -0.15) is 0 Å². The number of nitrogens with one attached hydrogen (secondary N) is 1. The number of para-hydroxylation sites is 2. The van der Waals surface area contributed by atoms with Gasteiger partial charge >= 0.3 is 0 Å². The van der Waals surface area contributed by atoms with Gasteiger partial charge in [-0.25, -0.2) is 9.37 Å². The molecule has 0 spiro atoms. The van der Waals surface area contributed by atoms with Crippen LogP contribution in [0, 0.1) is 5.82 Å². The van der Waals surface area contributed by atoms with Crippen LogP contribution in [0.5, 0.6) is 0 Å². The molecule has 2 aromatic carbocycles. The summed E-state index contributed by atoms with van der Waals surface area (Å²) in [4.78, 5) is 22.6. The first-order chi connectivity index (χ1) is 11.6. The molecule has 1 fully saturated rings. The lowest BCUT2D eigenvalue weighted by Crippen LogP contribution is -2.31. The van der Waals surface area contributed by atoms with Gasteiger partial charge in [-0.1, -0.05) is 28.1 Å². The largest absolute Gasteiger partial charge is 0.340 e. The first-order valence-electron chi connectivity index (χ1n) is 7.83. The second-order valence-corrected chi connectivity index (χ2v) is 6.87. The highest BCUT2D eigenvalue weighted by Crippen LogP contribution is 2.33.